The average molecular weight is 343 g/mol. The van der Waals surface area contributed by atoms with Crippen LogP contribution in [-0.4, -0.2) is 5.11 Å². The lowest BCUT2D eigenvalue weighted by molar-refractivity contribution is -0.137. The van der Waals surface area contributed by atoms with Crippen LogP contribution in [0.3, 0.4) is 0 Å². The molecule has 0 spiro atoms. The van der Waals surface area contributed by atoms with E-state index in [0.29, 0.717) is 23.6 Å². The van der Waals surface area contributed by atoms with Gasteiger partial charge in [0, 0.05) is 11.1 Å². The number of halogens is 3. The zero-order valence-corrected chi connectivity index (χ0v) is 13.6. The van der Waals surface area contributed by atoms with Crippen molar-refractivity contribution in [3.05, 3.63) is 64.2 Å². The summed E-state index contributed by atoms with van der Waals surface area (Å²) in [5.41, 5.74) is 0.784. The van der Waals surface area contributed by atoms with Gasteiger partial charge in [0.25, 0.3) is 0 Å². The number of unbranched alkanes of at least 4 members (excludes halogenated alkanes) is 1. The smallest absolute Gasteiger partial charge is 0.417 e. The quantitative estimate of drug-likeness (QED) is 0.795. The molecule has 1 N–H and O–H groups in total. The number of phenols is 1. The Hall–Kier alpha value is -2.92. The van der Waals surface area contributed by atoms with Crippen molar-refractivity contribution >= 4 is 0 Å². The summed E-state index contributed by atoms with van der Waals surface area (Å²) >= 11 is 0. The first-order valence-electron chi connectivity index (χ1n) is 7.80. The lowest BCUT2D eigenvalue weighted by Gasteiger charge is -2.09. The van der Waals surface area contributed by atoms with E-state index in [1.165, 1.54) is 6.07 Å². The normalized spacial score (nSPS) is 10.7. The Labute approximate surface area is 144 Å². The van der Waals surface area contributed by atoms with E-state index in [-0.39, 0.29) is 5.56 Å². The third-order valence-electron chi connectivity index (χ3n) is 3.67. The van der Waals surface area contributed by atoms with Crippen molar-refractivity contribution in [3.8, 4) is 23.7 Å². The molecule has 0 fully saturated rings. The minimum atomic E-state index is -4.60. The third kappa shape index (κ3) is 4.78. The predicted octanol–water partition coefficient (Wildman–Crippen LogP) is 5.03. The molecule has 0 heterocycles. The lowest BCUT2D eigenvalue weighted by atomic mass is 9.99. The molecule has 2 aromatic carbocycles. The highest BCUT2D eigenvalue weighted by molar-refractivity contribution is 5.52. The molecule has 0 bridgehead atoms. The highest BCUT2D eigenvalue weighted by Crippen LogP contribution is 2.33. The molecule has 2 nitrogen and oxygen atoms in total. The van der Waals surface area contributed by atoms with Crippen LogP contribution >= 0.6 is 0 Å². The number of phenolic OH excluding ortho intramolecular Hbond substituents is 1. The van der Waals surface area contributed by atoms with E-state index in [2.05, 4.69) is 17.9 Å². The lowest BCUT2D eigenvalue weighted by Crippen LogP contribution is -2.07. The maximum Gasteiger partial charge on any atom is 0.417 e. The van der Waals surface area contributed by atoms with Crippen molar-refractivity contribution in [3.63, 3.8) is 0 Å². The second-order valence-corrected chi connectivity index (χ2v) is 5.56. The molecule has 0 saturated carbocycles. The van der Waals surface area contributed by atoms with Crippen LogP contribution in [0.5, 0.6) is 5.75 Å². The van der Waals surface area contributed by atoms with Crippen LogP contribution < -0.4 is 0 Å². The Morgan fingerprint density at radius 1 is 1.04 bits per heavy atom. The van der Waals surface area contributed by atoms with Gasteiger partial charge < -0.3 is 5.11 Å². The van der Waals surface area contributed by atoms with Crippen molar-refractivity contribution in [1.82, 2.24) is 0 Å². The van der Waals surface area contributed by atoms with Gasteiger partial charge in [0.05, 0.1) is 17.2 Å². The van der Waals surface area contributed by atoms with Gasteiger partial charge in [-0.1, -0.05) is 25.2 Å². The molecular weight excluding hydrogens is 327 g/mol. The summed E-state index contributed by atoms with van der Waals surface area (Å²) in [6.07, 6.45) is -2.04. The summed E-state index contributed by atoms with van der Waals surface area (Å²) < 4.78 is 39.3. The van der Waals surface area contributed by atoms with Gasteiger partial charge in [-0.25, -0.2) is 0 Å². The molecule has 2 aromatic rings. The summed E-state index contributed by atoms with van der Waals surface area (Å²) in [5.74, 6) is 4.88. The second kappa shape index (κ2) is 7.77. The molecule has 0 unspecified atom stereocenters. The van der Waals surface area contributed by atoms with Crippen molar-refractivity contribution in [2.75, 3.05) is 0 Å². The van der Waals surface area contributed by atoms with Gasteiger partial charge in [-0.15, -0.1) is 0 Å². The van der Waals surface area contributed by atoms with Crippen LogP contribution in [0.1, 0.15) is 47.6 Å². The van der Waals surface area contributed by atoms with E-state index >= 15 is 0 Å². The number of hydrogen-bond donors (Lipinski definition) is 1. The molecule has 25 heavy (non-hydrogen) atoms. The molecule has 0 amide bonds. The molecule has 0 atom stereocenters. The fourth-order valence-corrected chi connectivity index (χ4v) is 2.37. The first kappa shape index (κ1) is 18.4. The van der Waals surface area contributed by atoms with Crippen molar-refractivity contribution in [2.45, 2.75) is 32.4 Å². The second-order valence-electron chi connectivity index (χ2n) is 5.56. The van der Waals surface area contributed by atoms with Crippen LogP contribution in [0.2, 0.25) is 0 Å². The zero-order chi connectivity index (χ0) is 18.4. The fourth-order valence-electron chi connectivity index (χ4n) is 2.37. The fraction of sp³-hybridized carbons (Fsp3) is 0.250. The van der Waals surface area contributed by atoms with Gasteiger partial charge in [-0.2, -0.15) is 18.4 Å². The van der Waals surface area contributed by atoms with E-state index in [1.807, 2.05) is 6.92 Å². The standard InChI is InChI=1S/C20H16F3NO/c1-2-3-4-17-11-14(13-24)5-6-15(17)7-8-16-9-10-18(25)12-19(16)20(21,22)23/h5-6,9-12,25H,2-4H2,1H3. The molecule has 0 radical (unpaired) electrons. The largest absolute Gasteiger partial charge is 0.508 e. The Morgan fingerprint density at radius 3 is 2.36 bits per heavy atom. The molecule has 0 saturated heterocycles. The summed E-state index contributed by atoms with van der Waals surface area (Å²) in [6, 6.07) is 10.0. The molecular formula is C20H16F3NO. The number of aromatic hydroxyl groups is 1. The van der Waals surface area contributed by atoms with E-state index in [1.54, 1.807) is 18.2 Å². The molecule has 0 aromatic heterocycles. The van der Waals surface area contributed by atoms with Gasteiger partial charge in [-0.3, -0.25) is 0 Å². The molecule has 0 aliphatic rings. The first-order chi connectivity index (χ1) is 11.8. The summed E-state index contributed by atoms with van der Waals surface area (Å²) in [7, 11) is 0. The topological polar surface area (TPSA) is 44.0 Å². The molecule has 5 heteroatoms. The Balaban J connectivity index is 2.47. The Morgan fingerprint density at radius 2 is 1.72 bits per heavy atom. The van der Waals surface area contributed by atoms with E-state index in [0.717, 1.165) is 24.5 Å². The van der Waals surface area contributed by atoms with Crippen molar-refractivity contribution < 1.29 is 18.3 Å². The molecule has 2 rings (SSSR count). The summed E-state index contributed by atoms with van der Waals surface area (Å²) in [6.45, 7) is 2.03. The monoisotopic (exact) mass is 343 g/mol. The van der Waals surface area contributed by atoms with Gasteiger partial charge in [0.1, 0.15) is 5.75 Å². The maximum atomic E-state index is 13.1. The van der Waals surface area contributed by atoms with Crippen LogP contribution in [-0.2, 0) is 12.6 Å². The van der Waals surface area contributed by atoms with E-state index in [4.69, 9.17) is 5.26 Å². The number of nitriles is 1. The Bertz CT molecular complexity index is 867. The first-order valence-corrected chi connectivity index (χ1v) is 7.80. The number of rotatable bonds is 3. The van der Waals surface area contributed by atoms with Crippen LogP contribution in [0.15, 0.2) is 36.4 Å². The number of hydrogen-bond acceptors (Lipinski definition) is 2. The van der Waals surface area contributed by atoms with Crippen LogP contribution in [0.25, 0.3) is 0 Å². The van der Waals surface area contributed by atoms with Crippen LogP contribution in [0.4, 0.5) is 13.2 Å². The van der Waals surface area contributed by atoms with Crippen molar-refractivity contribution in [1.29, 1.82) is 5.26 Å². The number of benzene rings is 2. The Kier molecular flexibility index (Phi) is 5.72. The maximum absolute atomic E-state index is 13.1. The third-order valence-corrected chi connectivity index (χ3v) is 3.67. The predicted molar refractivity (Wildman–Crippen MR) is 88.9 cm³/mol. The van der Waals surface area contributed by atoms with Gasteiger partial charge in [0.2, 0.25) is 0 Å². The molecule has 0 aliphatic carbocycles. The van der Waals surface area contributed by atoms with E-state index < -0.39 is 17.5 Å². The number of alkyl halides is 3. The number of nitrogens with zero attached hydrogens (tertiary/aromatic N) is 1. The van der Waals surface area contributed by atoms with Gasteiger partial charge in [-0.05, 0) is 54.8 Å². The summed E-state index contributed by atoms with van der Waals surface area (Å²) in [5, 5.41) is 18.3. The highest BCUT2D eigenvalue weighted by Gasteiger charge is 2.33. The van der Waals surface area contributed by atoms with Gasteiger partial charge in [0.15, 0.2) is 0 Å². The van der Waals surface area contributed by atoms with Gasteiger partial charge >= 0.3 is 6.18 Å². The molecule has 128 valence electrons. The van der Waals surface area contributed by atoms with Crippen LogP contribution in [0, 0.1) is 23.2 Å². The summed E-state index contributed by atoms with van der Waals surface area (Å²) in [4.78, 5) is 0. The minimum absolute atomic E-state index is 0.198. The SMILES string of the molecule is CCCCc1cc(C#N)ccc1C#Cc1ccc(O)cc1C(F)(F)F. The number of aryl methyl sites for hydroxylation is 1. The zero-order valence-electron chi connectivity index (χ0n) is 13.6. The average Bonchev–Trinajstić information content (AvgIpc) is 2.58. The van der Waals surface area contributed by atoms with E-state index in [9.17, 15) is 18.3 Å². The molecule has 0 aliphatic heterocycles. The highest BCUT2D eigenvalue weighted by atomic mass is 19.4. The minimum Gasteiger partial charge on any atom is -0.508 e. The van der Waals surface area contributed by atoms with Crippen molar-refractivity contribution in [2.24, 2.45) is 0 Å².